The smallest absolute Gasteiger partial charge is 0.274 e. The molecular formula is C19H16N2O4. The minimum Gasteiger partial charge on any atom is -0.274 e. The predicted molar refractivity (Wildman–Crippen MR) is 90.9 cm³/mol. The first kappa shape index (κ1) is 14.6. The fourth-order valence-corrected chi connectivity index (χ4v) is 5.27. The zero-order valence-corrected chi connectivity index (χ0v) is 13.4. The lowest BCUT2D eigenvalue weighted by molar-refractivity contribution is -0.383. The summed E-state index contributed by atoms with van der Waals surface area (Å²) in [6.07, 6.45) is 3.04. The highest BCUT2D eigenvalue weighted by Crippen LogP contribution is 2.57. The minimum atomic E-state index is -0.436. The van der Waals surface area contributed by atoms with E-state index in [2.05, 4.69) is 0 Å². The van der Waals surface area contributed by atoms with Crippen molar-refractivity contribution in [1.82, 2.24) is 0 Å². The van der Waals surface area contributed by atoms with Crippen LogP contribution in [0.4, 0.5) is 11.4 Å². The van der Waals surface area contributed by atoms with Crippen LogP contribution in [0.1, 0.15) is 19.3 Å². The Morgan fingerprint density at radius 1 is 0.920 bits per heavy atom. The highest BCUT2D eigenvalue weighted by molar-refractivity contribution is 6.25. The van der Waals surface area contributed by atoms with Gasteiger partial charge in [-0.25, -0.2) is 4.90 Å². The van der Waals surface area contributed by atoms with Crippen molar-refractivity contribution in [2.75, 3.05) is 4.90 Å². The van der Waals surface area contributed by atoms with Gasteiger partial charge in [-0.2, -0.15) is 0 Å². The summed E-state index contributed by atoms with van der Waals surface area (Å²) in [5.74, 6) is 0.00402. The number of benzene rings is 2. The molecule has 2 aliphatic carbocycles. The maximum absolute atomic E-state index is 13.0. The van der Waals surface area contributed by atoms with Gasteiger partial charge in [0, 0.05) is 11.5 Å². The minimum absolute atomic E-state index is 0.0151. The van der Waals surface area contributed by atoms with Gasteiger partial charge in [0.2, 0.25) is 11.8 Å². The molecule has 6 nitrogen and oxygen atoms in total. The number of hydrogen-bond donors (Lipinski definition) is 0. The van der Waals surface area contributed by atoms with Gasteiger partial charge in [0.25, 0.3) is 5.69 Å². The number of amides is 2. The zero-order chi connectivity index (χ0) is 17.3. The normalized spacial score (nSPS) is 30.3. The van der Waals surface area contributed by atoms with Crippen LogP contribution in [0, 0.1) is 33.8 Å². The molecule has 0 aromatic heterocycles. The van der Waals surface area contributed by atoms with E-state index < -0.39 is 4.92 Å². The van der Waals surface area contributed by atoms with E-state index in [9.17, 15) is 19.7 Å². The van der Waals surface area contributed by atoms with Crippen LogP contribution in [-0.2, 0) is 9.59 Å². The molecule has 3 fully saturated rings. The number of carbonyl (C=O) groups excluding carboxylic acids is 2. The third-order valence-electron chi connectivity index (χ3n) is 6.24. The first-order chi connectivity index (χ1) is 12.1. The van der Waals surface area contributed by atoms with E-state index >= 15 is 0 Å². The van der Waals surface area contributed by atoms with Crippen molar-refractivity contribution >= 4 is 34.0 Å². The number of non-ortho nitro benzene ring substituents is 1. The van der Waals surface area contributed by atoms with Crippen LogP contribution >= 0.6 is 0 Å². The molecule has 2 amide bonds. The molecule has 2 bridgehead atoms. The summed E-state index contributed by atoms with van der Waals surface area (Å²) < 4.78 is 0. The van der Waals surface area contributed by atoms with E-state index in [-0.39, 0.29) is 29.3 Å². The van der Waals surface area contributed by atoms with Gasteiger partial charge in [-0.05, 0) is 43.2 Å². The molecule has 126 valence electrons. The number of fused-ring (bicyclic) bond motifs is 6. The van der Waals surface area contributed by atoms with Gasteiger partial charge < -0.3 is 0 Å². The molecule has 2 unspecified atom stereocenters. The molecule has 0 spiro atoms. The molecule has 2 saturated carbocycles. The number of hydrogen-bond acceptors (Lipinski definition) is 4. The SMILES string of the molecule is O=C1C2C(C(=O)N1c1ccc([N+](=O)[O-])c3ccccc13)[C@H]1CC[C@@H]2C1. The predicted octanol–water partition coefficient (Wildman–Crippen LogP) is 3.28. The Bertz CT molecular complexity index is 926. The van der Waals surface area contributed by atoms with Crippen LogP contribution in [0.3, 0.4) is 0 Å². The number of carbonyl (C=O) groups is 2. The first-order valence-electron chi connectivity index (χ1n) is 8.62. The van der Waals surface area contributed by atoms with Gasteiger partial charge >= 0.3 is 0 Å². The summed E-state index contributed by atoms with van der Waals surface area (Å²) in [7, 11) is 0. The van der Waals surface area contributed by atoms with Crippen molar-refractivity contribution in [3.63, 3.8) is 0 Å². The van der Waals surface area contributed by atoms with Crippen molar-refractivity contribution in [2.24, 2.45) is 23.7 Å². The summed E-state index contributed by atoms with van der Waals surface area (Å²) in [6.45, 7) is 0. The van der Waals surface area contributed by atoms with Gasteiger partial charge in [0.05, 0.1) is 27.8 Å². The van der Waals surface area contributed by atoms with E-state index in [1.807, 2.05) is 0 Å². The number of nitrogens with zero attached hydrogens (tertiary/aromatic N) is 2. The Morgan fingerprint density at radius 3 is 2.12 bits per heavy atom. The van der Waals surface area contributed by atoms with E-state index in [0.29, 0.717) is 28.3 Å². The summed E-state index contributed by atoms with van der Waals surface area (Å²) in [5.41, 5.74) is 0.462. The average Bonchev–Trinajstić information content (AvgIpc) is 3.28. The molecule has 0 N–H and O–H groups in total. The Balaban J connectivity index is 1.67. The van der Waals surface area contributed by atoms with Crippen molar-refractivity contribution in [3.8, 4) is 0 Å². The van der Waals surface area contributed by atoms with Gasteiger partial charge in [-0.1, -0.05) is 18.2 Å². The Kier molecular flexibility index (Phi) is 2.84. The fourth-order valence-electron chi connectivity index (χ4n) is 5.27. The van der Waals surface area contributed by atoms with Crippen LogP contribution in [0.25, 0.3) is 10.8 Å². The number of imide groups is 1. The van der Waals surface area contributed by atoms with E-state index in [4.69, 9.17) is 0 Å². The Labute approximate surface area is 143 Å². The molecule has 4 atom stereocenters. The van der Waals surface area contributed by atoms with Gasteiger partial charge in [-0.15, -0.1) is 0 Å². The lowest BCUT2D eigenvalue weighted by Crippen LogP contribution is -2.32. The summed E-state index contributed by atoms with van der Waals surface area (Å²) in [4.78, 5) is 38.2. The van der Waals surface area contributed by atoms with Gasteiger partial charge in [-0.3, -0.25) is 19.7 Å². The molecule has 1 aliphatic heterocycles. The van der Waals surface area contributed by atoms with Crippen molar-refractivity contribution < 1.29 is 14.5 Å². The largest absolute Gasteiger partial charge is 0.277 e. The molecule has 25 heavy (non-hydrogen) atoms. The van der Waals surface area contributed by atoms with Crippen molar-refractivity contribution in [2.45, 2.75) is 19.3 Å². The highest BCUT2D eigenvalue weighted by atomic mass is 16.6. The number of nitro benzene ring substituents is 1. The zero-order valence-electron chi connectivity index (χ0n) is 13.4. The second kappa shape index (κ2) is 4.88. The molecule has 5 rings (SSSR count). The maximum Gasteiger partial charge on any atom is 0.277 e. The fraction of sp³-hybridized carbons (Fsp3) is 0.368. The second-order valence-corrected chi connectivity index (χ2v) is 7.30. The summed E-state index contributed by atoms with van der Waals surface area (Å²) >= 11 is 0. The van der Waals surface area contributed by atoms with Crippen LogP contribution in [0.2, 0.25) is 0 Å². The molecule has 6 heteroatoms. The monoisotopic (exact) mass is 336 g/mol. The van der Waals surface area contributed by atoms with E-state index in [1.54, 1.807) is 30.3 Å². The van der Waals surface area contributed by atoms with Crippen LogP contribution in [0.15, 0.2) is 36.4 Å². The second-order valence-electron chi connectivity index (χ2n) is 7.30. The molecule has 1 saturated heterocycles. The van der Waals surface area contributed by atoms with E-state index in [1.165, 1.54) is 11.0 Å². The topological polar surface area (TPSA) is 80.5 Å². The first-order valence-corrected chi connectivity index (χ1v) is 8.62. The number of anilines is 1. The number of rotatable bonds is 2. The van der Waals surface area contributed by atoms with Crippen LogP contribution in [0.5, 0.6) is 0 Å². The summed E-state index contributed by atoms with van der Waals surface area (Å²) in [6, 6.07) is 9.82. The molecule has 2 aromatic rings. The van der Waals surface area contributed by atoms with Gasteiger partial charge in [0.1, 0.15) is 0 Å². The molecule has 1 heterocycles. The van der Waals surface area contributed by atoms with Crippen molar-refractivity contribution in [1.29, 1.82) is 0 Å². The Morgan fingerprint density at radius 2 is 1.52 bits per heavy atom. The summed E-state index contributed by atoms with van der Waals surface area (Å²) in [5, 5.41) is 12.3. The lowest BCUT2D eigenvalue weighted by Gasteiger charge is -2.19. The molecule has 2 aromatic carbocycles. The maximum atomic E-state index is 13.0. The molecule has 3 aliphatic rings. The third-order valence-corrected chi connectivity index (χ3v) is 6.24. The molecule has 0 radical (unpaired) electrons. The Hall–Kier alpha value is -2.76. The lowest BCUT2D eigenvalue weighted by atomic mass is 9.81. The quantitative estimate of drug-likeness (QED) is 0.479. The third kappa shape index (κ3) is 1.79. The number of nitro groups is 1. The van der Waals surface area contributed by atoms with Crippen molar-refractivity contribution in [3.05, 3.63) is 46.5 Å². The molecular weight excluding hydrogens is 320 g/mol. The van der Waals surface area contributed by atoms with Crippen LogP contribution in [-0.4, -0.2) is 16.7 Å². The standard InChI is InChI=1S/C19H16N2O4/c22-18-16-10-5-6-11(9-10)17(16)19(23)20(18)14-7-8-15(21(24)25)13-4-2-1-3-12(13)14/h1-4,7-8,10-11,16-17H,5-6,9H2/t10-,11+,16?,17?. The van der Waals surface area contributed by atoms with Crippen LogP contribution < -0.4 is 4.90 Å². The van der Waals surface area contributed by atoms with E-state index in [0.717, 1.165) is 19.3 Å². The highest BCUT2D eigenvalue weighted by Gasteiger charge is 2.61. The van der Waals surface area contributed by atoms with Gasteiger partial charge in [0.15, 0.2) is 0 Å². The average molecular weight is 336 g/mol.